The van der Waals surface area contributed by atoms with Crippen LogP contribution in [0.15, 0.2) is 30.5 Å². The van der Waals surface area contributed by atoms with E-state index in [1.807, 2.05) is 6.92 Å². The predicted octanol–water partition coefficient (Wildman–Crippen LogP) is 3.14. The van der Waals surface area contributed by atoms with Gasteiger partial charge in [0.15, 0.2) is 0 Å². The average Bonchev–Trinajstić information content (AvgIpc) is 3.33. The minimum absolute atomic E-state index is 0.180. The SMILES string of the molecule is CCC(NC(=O)CCC(F)(F)F)c1ccc2nc(CNC(=O)c3ccnn3C)[nH]c2c1. The molecule has 0 aliphatic rings. The number of aromatic amines is 1. The number of carbonyl (C=O) groups is 2. The summed E-state index contributed by atoms with van der Waals surface area (Å²) in [6, 6.07) is 6.53. The maximum absolute atomic E-state index is 12.3. The molecule has 11 heteroatoms. The fourth-order valence-corrected chi connectivity index (χ4v) is 3.17. The van der Waals surface area contributed by atoms with Crippen molar-refractivity contribution >= 4 is 22.8 Å². The molecule has 2 aromatic heterocycles. The van der Waals surface area contributed by atoms with Crippen molar-refractivity contribution < 1.29 is 22.8 Å². The molecule has 3 N–H and O–H groups in total. The number of fused-ring (bicyclic) bond motifs is 1. The van der Waals surface area contributed by atoms with E-state index >= 15 is 0 Å². The molecule has 0 saturated carbocycles. The molecule has 2 amide bonds. The van der Waals surface area contributed by atoms with Gasteiger partial charge in [0.05, 0.1) is 30.0 Å². The summed E-state index contributed by atoms with van der Waals surface area (Å²) < 4.78 is 38.4. The maximum Gasteiger partial charge on any atom is 0.389 e. The van der Waals surface area contributed by atoms with Gasteiger partial charge < -0.3 is 15.6 Å². The summed E-state index contributed by atoms with van der Waals surface area (Å²) in [5.74, 6) is -0.383. The zero-order valence-electron chi connectivity index (χ0n) is 17.1. The van der Waals surface area contributed by atoms with Crippen LogP contribution in [0.2, 0.25) is 0 Å². The van der Waals surface area contributed by atoms with E-state index in [4.69, 9.17) is 0 Å². The number of hydrogen-bond donors (Lipinski definition) is 3. The van der Waals surface area contributed by atoms with E-state index in [0.717, 1.165) is 5.56 Å². The van der Waals surface area contributed by atoms with Crippen molar-refractivity contribution in [1.29, 1.82) is 0 Å². The summed E-state index contributed by atoms with van der Waals surface area (Å²) in [5.41, 5.74) is 2.55. The van der Waals surface area contributed by atoms with E-state index in [1.165, 1.54) is 10.9 Å². The molecular formula is C20H23F3N6O2. The average molecular weight is 436 g/mol. The van der Waals surface area contributed by atoms with Gasteiger partial charge in [-0.15, -0.1) is 0 Å². The largest absolute Gasteiger partial charge is 0.389 e. The van der Waals surface area contributed by atoms with E-state index in [-0.39, 0.29) is 12.5 Å². The Morgan fingerprint density at radius 3 is 2.68 bits per heavy atom. The highest BCUT2D eigenvalue weighted by molar-refractivity contribution is 5.92. The Bertz CT molecular complexity index is 1070. The number of halogens is 3. The quantitative estimate of drug-likeness (QED) is 0.505. The third-order valence-electron chi connectivity index (χ3n) is 4.81. The summed E-state index contributed by atoms with van der Waals surface area (Å²) in [5, 5.41) is 9.36. The second-order valence-electron chi connectivity index (χ2n) is 7.13. The van der Waals surface area contributed by atoms with Crippen molar-refractivity contribution in [1.82, 2.24) is 30.4 Å². The number of alkyl halides is 3. The van der Waals surface area contributed by atoms with Crippen LogP contribution in [0.4, 0.5) is 13.2 Å². The van der Waals surface area contributed by atoms with Crippen LogP contribution in [-0.2, 0) is 18.4 Å². The van der Waals surface area contributed by atoms with Crippen LogP contribution in [0, 0.1) is 0 Å². The summed E-state index contributed by atoms with van der Waals surface area (Å²) in [4.78, 5) is 31.6. The molecule has 3 rings (SSSR count). The molecule has 0 aliphatic carbocycles. The molecule has 0 radical (unpaired) electrons. The van der Waals surface area contributed by atoms with Gasteiger partial charge in [-0.1, -0.05) is 13.0 Å². The first-order valence-corrected chi connectivity index (χ1v) is 9.77. The van der Waals surface area contributed by atoms with Gasteiger partial charge in [-0.25, -0.2) is 4.98 Å². The third-order valence-corrected chi connectivity index (χ3v) is 4.81. The monoisotopic (exact) mass is 436 g/mol. The number of rotatable bonds is 8. The molecule has 0 bridgehead atoms. The fraction of sp³-hybridized carbons (Fsp3) is 0.400. The Morgan fingerprint density at radius 2 is 2.03 bits per heavy atom. The Kier molecular flexibility index (Phi) is 6.62. The Hall–Kier alpha value is -3.37. The summed E-state index contributed by atoms with van der Waals surface area (Å²) in [6.45, 7) is 2.02. The number of aryl methyl sites for hydroxylation is 1. The van der Waals surface area contributed by atoms with Gasteiger partial charge in [0, 0.05) is 19.7 Å². The molecule has 31 heavy (non-hydrogen) atoms. The number of benzene rings is 1. The van der Waals surface area contributed by atoms with E-state index in [1.54, 1.807) is 31.3 Å². The smallest absolute Gasteiger partial charge is 0.349 e. The Labute approximate surface area is 176 Å². The molecule has 3 aromatic rings. The lowest BCUT2D eigenvalue weighted by atomic mass is 10.0. The van der Waals surface area contributed by atoms with Crippen LogP contribution in [0.25, 0.3) is 11.0 Å². The minimum Gasteiger partial charge on any atom is -0.349 e. The van der Waals surface area contributed by atoms with E-state index in [9.17, 15) is 22.8 Å². The third kappa shape index (κ3) is 5.83. The molecule has 0 saturated heterocycles. The number of aromatic nitrogens is 4. The van der Waals surface area contributed by atoms with Gasteiger partial charge in [0.2, 0.25) is 5.91 Å². The highest BCUT2D eigenvalue weighted by Gasteiger charge is 2.28. The van der Waals surface area contributed by atoms with Crippen LogP contribution in [0.5, 0.6) is 0 Å². The number of nitrogens with zero attached hydrogens (tertiary/aromatic N) is 3. The van der Waals surface area contributed by atoms with Gasteiger partial charge in [0.1, 0.15) is 11.5 Å². The maximum atomic E-state index is 12.3. The lowest BCUT2D eigenvalue weighted by molar-refractivity contribution is -0.144. The molecule has 8 nitrogen and oxygen atoms in total. The van der Waals surface area contributed by atoms with Gasteiger partial charge in [-0.3, -0.25) is 14.3 Å². The number of carbonyl (C=O) groups excluding carboxylic acids is 2. The van der Waals surface area contributed by atoms with Crippen molar-refractivity contribution in [2.24, 2.45) is 7.05 Å². The second kappa shape index (κ2) is 9.19. The Morgan fingerprint density at radius 1 is 1.26 bits per heavy atom. The molecule has 0 spiro atoms. The molecule has 0 aliphatic heterocycles. The van der Waals surface area contributed by atoms with Crippen LogP contribution in [0.1, 0.15) is 54.1 Å². The van der Waals surface area contributed by atoms with Crippen molar-refractivity contribution in [3.63, 3.8) is 0 Å². The zero-order chi connectivity index (χ0) is 22.6. The minimum atomic E-state index is -4.36. The predicted molar refractivity (Wildman–Crippen MR) is 107 cm³/mol. The van der Waals surface area contributed by atoms with Crippen molar-refractivity contribution in [2.75, 3.05) is 0 Å². The highest BCUT2D eigenvalue weighted by atomic mass is 19.4. The normalized spacial score (nSPS) is 12.7. The van der Waals surface area contributed by atoms with Crippen LogP contribution in [0.3, 0.4) is 0 Å². The highest BCUT2D eigenvalue weighted by Crippen LogP contribution is 2.24. The fourth-order valence-electron chi connectivity index (χ4n) is 3.17. The number of imidazole rings is 1. The first kappa shape index (κ1) is 22.3. The first-order chi connectivity index (χ1) is 14.7. The van der Waals surface area contributed by atoms with Gasteiger partial charge in [0.25, 0.3) is 5.91 Å². The Balaban J connectivity index is 1.65. The summed E-state index contributed by atoms with van der Waals surface area (Å²) in [7, 11) is 1.67. The number of H-pyrrole nitrogens is 1. The topological polar surface area (TPSA) is 105 Å². The van der Waals surface area contributed by atoms with Crippen molar-refractivity contribution in [3.8, 4) is 0 Å². The molecule has 1 unspecified atom stereocenters. The molecular weight excluding hydrogens is 413 g/mol. The molecule has 2 heterocycles. The zero-order valence-corrected chi connectivity index (χ0v) is 17.1. The van der Waals surface area contributed by atoms with Crippen molar-refractivity contribution in [2.45, 2.75) is 44.9 Å². The van der Waals surface area contributed by atoms with E-state index in [0.29, 0.717) is 29.0 Å². The van der Waals surface area contributed by atoms with Crippen molar-refractivity contribution in [3.05, 3.63) is 47.5 Å². The standard InChI is InChI=1S/C20H23F3N6O2/c1-3-13(28-18(30)6-8-20(21,22)23)12-4-5-14-15(10-12)27-17(26-14)11-24-19(31)16-7-9-25-29(16)2/h4-5,7,9-10,13H,3,6,8,11H2,1-2H3,(H,24,31)(H,26,27)(H,28,30). The van der Waals surface area contributed by atoms with Crippen LogP contribution < -0.4 is 10.6 Å². The summed E-state index contributed by atoms with van der Waals surface area (Å²) in [6.07, 6.45) is -4.07. The van der Waals surface area contributed by atoms with Gasteiger partial charge >= 0.3 is 6.18 Å². The van der Waals surface area contributed by atoms with Crippen LogP contribution in [-0.4, -0.2) is 37.7 Å². The van der Waals surface area contributed by atoms with E-state index in [2.05, 4.69) is 25.7 Å². The first-order valence-electron chi connectivity index (χ1n) is 9.77. The molecule has 0 fully saturated rings. The van der Waals surface area contributed by atoms with Gasteiger partial charge in [-0.05, 0) is 30.2 Å². The molecule has 1 aromatic carbocycles. The van der Waals surface area contributed by atoms with Gasteiger partial charge in [-0.2, -0.15) is 18.3 Å². The van der Waals surface area contributed by atoms with E-state index < -0.39 is 31.0 Å². The summed E-state index contributed by atoms with van der Waals surface area (Å²) >= 11 is 0. The molecule has 166 valence electrons. The second-order valence-corrected chi connectivity index (χ2v) is 7.13. The lowest BCUT2D eigenvalue weighted by Crippen LogP contribution is -2.29. The lowest BCUT2D eigenvalue weighted by Gasteiger charge is -2.18. The molecule has 1 atom stereocenters. The number of hydrogen-bond acceptors (Lipinski definition) is 4. The number of nitrogens with one attached hydrogen (secondary N) is 3. The number of amides is 2. The van der Waals surface area contributed by atoms with Crippen LogP contribution >= 0.6 is 0 Å².